The van der Waals surface area contributed by atoms with E-state index in [1.165, 1.54) is 0 Å². The van der Waals surface area contributed by atoms with Crippen molar-refractivity contribution >= 4 is 40.6 Å². The molecule has 12 heteroatoms. The van der Waals surface area contributed by atoms with Gasteiger partial charge in [-0.1, -0.05) is 48.5 Å². The number of aliphatic carboxylic acids is 2. The predicted octanol–water partition coefficient (Wildman–Crippen LogP) is 0.316. The molecule has 3 unspecified atom stereocenters. The first kappa shape index (κ1) is 28.9. The zero-order chi connectivity index (χ0) is 28.4. The second-order valence-corrected chi connectivity index (χ2v) is 9.03. The van der Waals surface area contributed by atoms with Crippen molar-refractivity contribution in [3.05, 3.63) is 71.9 Å². The number of hydrogen-bond donors (Lipinski definition) is 7. The summed E-state index contributed by atoms with van der Waals surface area (Å²) < 4.78 is 0. The van der Waals surface area contributed by atoms with Crippen molar-refractivity contribution in [3.8, 4) is 0 Å². The first-order valence-corrected chi connectivity index (χ1v) is 12.3. The van der Waals surface area contributed by atoms with Gasteiger partial charge in [-0.2, -0.15) is 0 Å². The molecule has 206 valence electrons. The number of nitrogens with one attached hydrogen (secondary N) is 4. The number of nitrogens with two attached hydrogens (primary N) is 1. The fourth-order valence-corrected chi connectivity index (χ4v) is 4.03. The van der Waals surface area contributed by atoms with Gasteiger partial charge in [-0.15, -0.1) is 0 Å². The fourth-order valence-electron chi connectivity index (χ4n) is 4.03. The third kappa shape index (κ3) is 8.68. The van der Waals surface area contributed by atoms with Crippen molar-refractivity contribution in [2.75, 3.05) is 6.54 Å². The topological polar surface area (TPSA) is 204 Å². The number of para-hydroxylation sites is 1. The molecular weight excluding hydrogens is 506 g/mol. The molecule has 0 aliphatic carbocycles. The maximum absolute atomic E-state index is 12.7. The zero-order valence-electron chi connectivity index (χ0n) is 21.1. The van der Waals surface area contributed by atoms with Crippen LogP contribution in [0.3, 0.4) is 0 Å². The summed E-state index contributed by atoms with van der Waals surface area (Å²) in [5.41, 5.74) is 8.30. The Hall–Kier alpha value is -4.71. The second kappa shape index (κ2) is 13.7. The monoisotopic (exact) mass is 537 g/mol. The summed E-state index contributed by atoms with van der Waals surface area (Å²) in [5.74, 6) is -4.64. The molecule has 12 nitrogen and oxygen atoms in total. The van der Waals surface area contributed by atoms with E-state index in [9.17, 15) is 29.1 Å². The molecule has 3 aromatic rings. The molecule has 0 saturated carbocycles. The third-order valence-electron chi connectivity index (χ3n) is 6.07. The molecule has 0 aliphatic rings. The maximum atomic E-state index is 12.7. The average Bonchev–Trinajstić information content (AvgIpc) is 3.32. The summed E-state index contributed by atoms with van der Waals surface area (Å²) in [5, 5.41) is 26.6. The van der Waals surface area contributed by atoms with E-state index < -0.39 is 60.8 Å². The highest BCUT2D eigenvalue weighted by Crippen LogP contribution is 2.19. The Morgan fingerprint density at radius 1 is 0.846 bits per heavy atom. The maximum Gasteiger partial charge on any atom is 0.326 e. The lowest BCUT2D eigenvalue weighted by Crippen LogP contribution is -2.54. The second-order valence-electron chi connectivity index (χ2n) is 9.03. The molecule has 0 aliphatic heterocycles. The summed E-state index contributed by atoms with van der Waals surface area (Å²) in [7, 11) is 0. The molecule has 0 saturated heterocycles. The summed E-state index contributed by atoms with van der Waals surface area (Å²) in [6, 6.07) is 12.8. The molecule has 3 rings (SSSR count). The minimum Gasteiger partial charge on any atom is -0.481 e. The zero-order valence-corrected chi connectivity index (χ0v) is 21.1. The van der Waals surface area contributed by atoms with Crippen LogP contribution in [0.2, 0.25) is 0 Å². The van der Waals surface area contributed by atoms with Crippen LogP contribution in [0.15, 0.2) is 60.8 Å². The lowest BCUT2D eigenvalue weighted by molar-refractivity contribution is -0.141. The number of benzene rings is 2. The number of aromatic nitrogens is 1. The number of rotatable bonds is 14. The van der Waals surface area contributed by atoms with Gasteiger partial charge in [0.1, 0.15) is 12.1 Å². The van der Waals surface area contributed by atoms with Crippen LogP contribution >= 0.6 is 0 Å². The summed E-state index contributed by atoms with van der Waals surface area (Å²) in [4.78, 5) is 63.7. The Morgan fingerprint density at radius 2 is 1.54 bits per heavy atom. The van der Waals surface area contributed by atoms with E-state index in [0.717, 1.165) is 16.5 Å². The van der Waals surface area contributed by atoms with Crippen molar-refractivity contribution < 1.29 is 34.2 Å². The molecule has 39 heavy (non-hydrogen) atoms. The van der Waals surface area contributed by atoms with Gasteiger partial charge in [0.05, 0.1) is 12.6 Å². The van der Waals surface area contributed by atoms with Gasteiger partial charge in [0.2, 0.25) is 17.7 Å². The SMILES string of the molecule is NC(Cc1ccccc1)C(=O)NC(CCC(=O)O)C(=O)NCC(=O)NC(Cc1c[nH]c2ccccc12)C(=O)O. The van der Waals surface area contributed by atoms with Crippen LogP contribution in [-0.2, 0) is 36.8 Å². The van der Waals surface area contributed by atoms with Gasteiger partial charge in [-0.05, 0) is 30.0 Å². The Bertz CT molecular complexity index is 1320. The molecule has 8 N–H and O–H groups in total. The number of carbonyl (C=O) groups excluding carboxylic acids is 3. The Labute approximate surface area is 224 Å². The third-order valence-corrected chi connectivity index (χ3v) is 6.07. The normalized spacial score (nSPS) is 13.2. The Kier molecular flexibility index (Phi) is 10.2. The minimum atomic E-state index is -1.26. The molecular formula is C27H31N5O7. The van der Waals surface area contributed by atoms with Gasteiger partial charge in [0.15, 0.2) is 0 Å². The van der Waals surface area contributed by atoms with Crippen LogP contribution in [-0.4, -0.2) is 69.5 Å². The number of carboxylic acid groups (broad SMARTS) is 2. The highest BCUT2D eigenvalue weighted by Gasteiger charge is 2.26. The fraction of sp³-hybridized carbons (Fsp3) is 0.296. The number of H-pyrrole nitrogens is 1. The van der Waals surface area contributed by atoms with Crippen LogP contribution in [0.5, 0.6) is 0 Å². The number of fused-ring (bicyclic) bond motifs is 1. The standard InChI is InChI=1S/C27H31N5O7/c28-19(12-16-6-2-1-3-7-16)25(36)32-21(10-11-24(34)35)26(37)30-15-23(33)31-22(27(38)39)13-17-14-29-20-9-5-4-8-18(17)20/h1-9,14,19,21-22,29H,10-13,15,28H2,(H,30,37)(H,31,33)(H,32,36)(H,34,35)(H,38,39). The van der Waals surface area contributed by atoms with E-state index in [1.54, 1.807) is 30.5 Å². The molecule has 0 spiro atoms. The average molecular weight is 538 g/mol. The molecule has 1 heterocycles. The van der Waals surface area contributed by atoms with Gasteiger partial charge in [-0.3, -0.25) is 19.2 Å². The minimum absolute atomic E-state index is 0.00955. The van der Waals surface area contributed by atoms with Crippen LogP contribution < -0.4 is 21.7 Å². The Balaban J connectivity index is 1.57. The van der Waals surface area contributed by atoms with Crippen LogP contribution in [0.4, 0.5) is 0 Å². The van der Waals surface area contributed by atoms with E-state index in [4.69, 9.17) is 10.8 Å². The van der Waals surface area contributed by atoms with Crippen molar-refractivity contribution in [2.24, 2.45) is 5.73 Å². The van der Waals surface area contributed by atoms with Gasteiger partial charge >= 0.3 is 11.9 Å². The molecule has 0 fully saturated rings. The molecule has 3 amide bonds. The molecule has 1 aromatic heterocycles. The molecule has 3 atom stereocenters. The lowest BCUT2D eigenvalue weighted by atomic mass is 10.0. The molecule has 2 aromatic carbocycles. The summed E-state index contributed by atoms with van der Waals surface area (Å²) in [6.45, 7) is -0.577. The van der Waals surface area contributed by atoms with Gasteiger partial charge in [0, 0.05) is 29.9 Å². The largest absolute Gasteiger partial charge is 0.481 e. The van der Waals surface area contributed by atoms with E-state index in [0.29, 0.717) is 5.56 Å². The van der Waals surface area contributed by atoms with Crippen LogP contribution in [0.1, 0.15) is 24.0 Å². The number of aromatic amines is 1. The number of carboxylic acids is 2. The van der Waals surface area contributed by atoms with Crippen LogP contribution in [0.25, 0.3) is 10.9 Å². The van der Waals surface area contributed by atoms with Crippen molar-refractivity contribution in [1.29, 1.82) is 0 Å². The van der Waals surface area contributed by atoms with Crippen molar-refractivity contribution in [3.63, 3.8) is 0 Å². The van der Waals surface area contributed by atoms with E-state index in [2.05, 4.69) is 20.9 Å². The number of carbonyl (C=O) groups is 5. The van der Waals surface area contributed by atoms with Crippen LogP contribution in [0, 0.1) is 0 Å². The Morgan fingerprint density at radius 3 is 2.23 bits per heavy atom. The summed E-state index contributed by atoms with van der Waals surface area (Å²) in [6.07, 6.45) is 1.24. The first-order valence-electron chi connectivity index (χ1n) is 12.3. The number of hydrogen-bond acceptors (Lipinski definition) is 6. The highest BCUT2D eigenvalue weighted by atomic mass is 16.4. The van der Waals surface area contributed by atoms with E-state index in [-0.39, 0.29) is 19.3 Å². The van der Waals surface area contributed by atoms with E-state index >= 15 is 0 Å². The number of amides is 3. The highest BCUT2D eigenvalue weighted by molar-refractivity contribution is 5.93. The van der Waals surface area contributed by atoms with Gasteiger partial charge in [0.25, 0.3) is 0 Å². The van der Waals surface area contributed by atoms with Crippen molar-refractivity contribution in [1.82, 2.24) is 20.9 Å². The lowest BCUT2D eigenvalue weighted by Gasteiger charge is -2.21. The molecule has 0 radical (unpaired) electrons. The first-order chi connectivity index (χ1) is 18.6. The van der Waals surface area contributed by atoms with Gasteiger partial charge < -0.3 is 36.9 Å². The predicted molar refractivity (Wildman–Crippen MR) is 142 cm³/mol. The van der Waals surface area contributed by atoms with E-state index in [1.807, 2.05) is 30.3 Å². The molecule has 0 bridgehead atoms. The van der Waals surface area contributed by atoms with Crippen molar-refractivity contribution in [2.45, 2.75) is 43.8 Å². The smallest absolute Gasteiger partial charge is 0.326 e. The van der Waals surface area contributed by atoms with Gasteiger partial charge in [-0.25, -0.2) is 4.79 Å². The summed E-state index contributed by atoms with van der Waals surface area (Å²) >= 11 is 0. The quantitative estimate of drug-likeness (QED) is 0.152.